The summed E-state index contributed by atoms with van der Waals surface area (Å²) in [5.74, 6) is 0. The quantitative estimate of drug-likeness (QED) is 0.764. The number of nitrogens with zero attached hydrogens (tertiary/aromatic N) is 4. The van der Waals surface area contributed by atoms with Crippen molar-refractivity contribution in [1.82, 2.24) is 14.2 Å². The lowest BCUT2D eigenvalue weighted by Crippen LogP contribution is -2.59. The molecule has 1 aromatic rings. The number of nitriles is 1. The molecule has 3 heterocycles. The zero-order chi connectivity index (χ0) is 15.7. The Labute approximate surface area is 130 Å². The van der Waals surface area contributed by atoms with Crippen molar-refractivity contribution in [3.05, 3.63) is 24.0 Å². The van der Waals surface area contributed by atoms with Gasteiger partial charge in [0.25, 0.3) is 0 Å². The van der Waals surface area contributed by atoms with E-state index >= 15 is 0 Å². The highest BCUT2D eigenvalue weighted by Gasteiger charge is 2.40. The molecule has 0 aliphatic carbocycles. The zero-order valence-electron chi connectivity index (χ0n) is 12.3. The standard InChI is InChI=1S/C14H18N4O3S/c1-17-7-8-21-13-4-6-18(10-12(13)17)22(19,20)14-3-2-5-16-11(14)9-15/h2-3,5,12-13H,4,6-8,10H2,1H3. The molecular formula is C14H18N4O3S. The second-order valence-electron chi connectivity index (χ2n) is 5.57. The van der Waals surface area contributed by atoms with Crippen LogP contribution >= 0.6 is 0 Å². The van der Waals surface area contributed by atoms with E-state index < -0.39 is 10.0 Å². The summed E-state index contributed by atoms with van der Waals surface area (Å²) in [6, 6.07) is 4.89. The van der Waals surface area contributed by atoms with E-state index in [0.29, 0.717) is 26.1 Å². The number of piperidine rings is 1. The third-order valence-corrected chi connectivity index (χ3v) is 6.22. The van der Waals surface area contributed by atoms with Crippen molar-refractivity contribution in [2.45, 2.75) is 23.5 Å². The van der Waals surface area contributed by atoms with Crippen molar-refractivity contribution in [2.24, 2.45) is 0 Å². The van der Waals surface area contributed by atoms with E-state index in [0.717, 1.165) is 6.54 Å². The molecule has 2 saturated heterocycles. The van der Waals surface area contributed by atoms with Crippen molar-refractivity contribution in [2.75, 3.05) is 33.3 Å². The van der Waals surface area contributed by atoms with Crippen molar-refractivity contribution in [3.8, 4) is 6.07 Å². The molecule has 2 fully saturated rings. The van der Waals surface area contributed by atoms with Gasteiger partial charge >= 0.3 is 0 Å². The van der Waals surface area contributed by atoms with Crippen LogP contribution in [-0.2, 0) is 14.8 Å². The summed E-state index contributed by atoms with van der Waals surface area (Å²) in [4.78, 5) is 5.98. The number of aromatic nitrogens is 1. The first-order valence-electron chi connectivity index (χ1n) is 7.21. The SMILES string of the molecule is CN1CCOC2CCN(S(=O)(=O)c3cccnc3C#N)CC21. The van der Waals surface area contributed by atoms with Gasteiger partial charge in [0.15, 0.2) is 5.69 Å². The number of ether oxygens (including phenoxy) is 1. The van der Waals surface area contributed by atoms with Crippen LogP contribution in [-0.4, -0.2) is 68.0 Å². The Morgan fingerprint density at radius 1 is 1.45 bits per heavy atom. The molecule has 22 heavy (non-hydrogen) atoms. The number of likely N-dealkylation sites (N-methyl/N-ethyl adjacent to an activating group) is 1. The minimum absolute atomic E-state index is 0.0182. The van der Waals surface area contributed by atoms with E-state index in [2.05, 4.69) is 9.88 Å². The molecule has 2 aliphatic rings. The van der Waals surface area contributed by atoms with Crippen molar-refractivity contribution < 1.29 is 13.2 Å². The lowest BCUT2D eigenvalue weighted by Gasteiger charge is -2.45. The highest BCUT2D eigenvalue weighted by atomic mass is 32.2. The van der Waals surface area contributed by atoms with Gasteiger partial charge in [-0.25, -0.2) is 13.4 Å². The molecule has 3 rings (SSSR count). The zero-order valence-corrected chi connectivity index (χ0v) is 13.2. The van der Waals surface area contributed by atoms with Crippen LogP contribution in [0.4, 0.5) is 0 Å². The van der Waals surface area contributed by atoms with Crippen LogP contribution in [0.3, 0.4) is 0 Å². The number of hydrogen-bond donors (Lipinski definition) is 0. The first-order chi connectivity index (χ1) is 10.5. The molecule has 8 heteroatoms. The molecule has 0 bridgehead atoms. The molecule has 2 aliphatic heterocycles. The molecule has 7 nitrogen and oxygen atoms in total. The Morgan fingerprint density at radius 2 is 2.27 bits per heavy atom. The average Bonchev–Trinajstić information content (AvgIpc) is 2.55. The van der Waals surface area contributed by atoms with Gasteiger partial charge in [-0.1, -0.05) is 0 Å². The lowest BCUT2D eigenvalue weighted by molar-refractivity contribution is -0.0840. The second-order valence-corrected chi connectivity index (χ2v) is 7.48. The maximum Gasteiger partial charge on any atom is 0.246 e. The molecule has 118 valence electrons. The largest absolute Gasteiger partial charge is 0.375 e. The summed E-state index contributed by atoms with van der Waals surface area (Å²) in [6.45, 7) is 2.26. The van der Waals surface area contributed by atoms with Gasteiger partial charge in [0, 0.05) is 31.9 Å². The maximum absolute atomic E-state index is 12.8. The number of hydrogen-bond acceptors (Lipinski definition) is 6. The van der Waals surface area contributed by atoms with Crippen molar-refractivity contribution >= 4 is 10.0 Å². The average molecular weight is 322 g/mol. The van der Waals surface area contributed by atoms with E-state index in [-0.39, 0.29) is 22.7 Å². The molecule has 2 atom stereocenters. The van der Waals surface area contributed by atoms with Gasteiger partial charge < -0.3 is 4.74 Å². The Kier molecular flexibility index (Phi) is 4.14. The minimum Gasteiger partial charge on any atom is -0.375 e. The third kappa shape index (κ3) is 2.61. The van der Waals surface area contributed by atoms with Crippen LogP contribution < -0.4 is 0 Å². The highest BCUT2D eigenvalue weighted by molar-refractivity contribution is 7.89. The van der Waals surface area contributed by atoms with E-state index in [4.69, 9.17) is 10.00 Å². The molecule has 2 unspecified atom stereocenters. The monoisotopic (exact) mass is 322 g/mol. The third-order valence-electron chi connectivity index (χ3n) is 4.32. The lowest BCUT2D eigenvalue weighted by atomic mass is 10.0. The second kappa shape index (κ2) is 5.93. The predicted molar refractivity (Wildman–Crippen MR) is 78.5 cm³/mol. The molecule has 1 aromatic heterocycles. The van der Waals surface area contributed by atoms with Crippen LogP contribution in [0.15, 0.2) is 23.2 Å². The first kappa shape index (κ1) is 15.4. The Hall–Kier alpha value is -1.53. The number of pyridine rings is 1. The Balaban J connectivity index is 1.89. The summed E-state index contributed by atoms with van der Waals surface area (Å²) in [5, 5.41) is 9.09. The smallest absolute Gasteiger partial charge is 0.246 e. The maximum atomic E-state index is 12.8. The van der Waals surface area contributed by atoms with Crippen LogP contribution in [0.2, 0.25) is 0 Å². The summed E-state index contributed by atoms with van der Waals surface area (Å²) in [5.41, 5.74) is -0.0575. The minimum atomic E-state index is -3.71. The molecule has 0 amide bonds. The van der Waals surface area contributed by atoms with E-state index in [1.807, 2.05) is 13.1 Å². The van der Waals surface area contributed by atoms with E-state index in [1.165, 1.54) is 22.6 Å². The van der Waals surface area contributed by atoms with Gasteiger partial charge in [-0.05, 0) is 25.6 Å². The van der Waals surface area contributed by atoms with Crippen LogP contribution in [0.1, 0.15) is 12.1 Å². The van der Waals surface area contributed by atoms with E-state index in [1.54, 1.807) is 0 Å². The van der Waals surface area contributed by atoms with Gasteiger partial charge in [0.05, 0.1) is 12.7 Å². The molecule has 0 radical (unpaired) electrons. The van der Waals surface area contributed by atoms with Gasteiger partial charge in [-0.15, -0.1) is 0 Å². The van der Waals surface area contributed by atoms with Crippen molar-refractivity contribution in [1.29, 1.82) is 5.26 Å². The van der Waals surface area contributed by atoms with Crippen molar-refractivity contribution in [3.63, 3.8) is 0 Å². The normalized spacial score (nSPS) is 27.1. The molecule has 0 N–H and O–H groups in total. The molecule has 0 aromatic carbocycles. The van der Waals surface area contributed by atoms with Gasteiger partial charge in [0.2, 0.25) is 10.0 Å². The van der Waals surface area contributed by atoms with Gasteiger partial charge in [0.1, 0.15) is 11.0 Å². The molecular weight excluding hydrogens is 304 g/mol. The summed E-state index contributed by atoms with van der Waals surface area (Å²) >= 11 is 0. The number of rotatable bonds is 2. The Morgan fingerprint density at radius 3 is 3.05 bits per heavy atom. The first-order valence-corrected chi connectivity index (χ1v) is 8.65. The number of fused-ring (bicyclic) bond motifs is 1. The fourth-order valence-corrected chi connectivity index (χ4v) is 4.62. The van der Waals surface area contributed by atoms with Crippen LogP contribution in [0.5, 0.6) is 0 Å². The molecule has 0 saturated carbocycles. The van der Waals surface area contributed by atoms with Crippen LogP contribution in [0.25, 0.3) is 0 Å². The number of morpholine rings is 1. The fraction of sp³-hybridized carbons (Fsp3) is 0.571. The summed E-state index contributed by atoms with van der Waals surface area (Å²) in [7, 11) is -1.73. The summed E-state index contributed by atoms with van der Waals surface area (Å²) in [6.07, 6.45) is 2.16. The topological polar surface area (TPSA) is 86.5 Å². The summed E-state index contributed by atoms with van der Waals surface area (Å²) < 4.78 is 32.8. The van der Waals surface area contributed by atoms with Gasteiger partial charge in [-0.3, -0.25) is 4.90 Å². The van der Waals surface area contributed by atoms with E-state index in [9.17, 15) is 8.42 Å². The highest BCUT2D eigenvalue weighted by Crippen LogP contribution is 2.27. The van der Waals surface area contributed by atoms with Gasteiger partial charge in [-0.2, -0.15) is 9.57 Å². The Bertz CT molecular complexity index is 700. The molecule has 0 spiro atoms. The van der Waals surface area contributed by atoms with Crippen LogP contribution in [0, 0.1) is 11.3 Å². The number of sulfonamides is 1. The fourth-order valence-electron chi connectivity index (χ4n) is 3.05. The predicted octanol–water partition coefficient (Wildman–Crippen LogP) is 0.0469.